The SMILES string of the molecule is Cc1ccc(OC(=O)C2CC3(O)c4ccccc4C2(O)c2ccccc23)cc1. The normalized spacial score (nSPS) is 27.0. The second-order valence-electron chi connectivity index (χ2n) is 7.71. The number of hydrogen-bond acceptors (Lipinski definition) is 4. The zero-order chi connectivity index (χ0) is 19.5. The molecule has 1 unspecified atom stereocenters. The van der Waals surface area contributed by atoms with Crippen molar-refractivity contribution in [2.24, 2.45) is 5.92 Å². The maximum atomic E-state index is 13.1. The van der Waals surface area contributed by atoms with Gasteiger partial charge < -0.3 is 14.9 Å². The number of esters is 1. The van der Waals surface area contributed by atoms with Crippen LogP contribution in [0.4, 0.5) is 0 Å². The summed E-state index contributed by atoms with van der Waals surface area (Å²) in [5.74, 6) is -1.04. The summed E-state index contributed by atoms with van der Waals surface area (Å²) in [5, 5.41) is 23.5. The Morgan fingerprint density at radius 3 is 1.89 bits per heavy atom. The highest BCUT2D eigenvalue weighted by molar-refractivity contribution is 5.81. The van der Waals surface area contributed by atoms with Crippen LogP contribution in [0, 0.1) is 12.8 Å². The van der Waals surface area contributed by atoms with E-state index >= 15 is 0 Å². The smallest absolute Gasteiger partial charge is 0.318 e. The fraction of sp³-hybridized carbons (Fsp3) is 0.208. The fourth-order valence-electron chi connectivity index (χ4n) is 4.73. The Labute approximate surface area is 163 Å². The molecule has 1 atom stereocenters. The number of carbonyl (C=O) groups is 1. The third-order valence-corrected chi connectivity index (χ3v) is 6.09. The summed E-state index contributed by atoms with van der Waals surface area (Å²) in [5.41, 5.74) is 0.605. The highest BCUT2D eigenvalue weighted by atomic mass is 16.5. The number of aryl methyl sites for hydroxylation is 1. The molecule has 2 N–H and O–H groups in total. The number of fused-ring (bicyclic) bond motifs is 1. The van der Waals surface area contributed by atoms with Crippen molar-refractivity contribution in [2.75, 3.05) is 0 Å². The highest BCUT2D eigenvalue weighted by Gasteiger charge is 2.62. The van der Waals surface area contributed by atoms with Crippen molar-refractivity contribution in [3.63, 3.8) is 0 Å². The first kappa shape index (κ1) is 17.2. The van der Waals surface area contributed by atoms with Gasteiger partial charge in [0, 0.05) is 6.42 Å². The fourth-order valence-corrected chi connectivity index (χ4v) is 4.73. The minimum absolute atomic E-state index is 0.0716. The summed E-state index contributed by atoms with van der Waals surface area (Å²) in [7, 11) is 0. The molecule has 0 heterocycles. The third kappa shape index (κ3) is 2.16. The number of aliphatic hydroxyl groups is 2. The molecule has 3 aromatic carbocycles. The topological polar surface area (TPSA) is 66.8 Å². The molecule has 3 aromatic rings. The van der Waals surface area contributed by atoms with E-state index in [2.05, 4.69) is 0 Å². The number of hydrogen-bond donors (Lipinski definition) is 2. The van der Waals surface area contributed by atoms with Crippen molar-refractivity contribution in [2.45, 2.75) is 24.5 Å². The van der Waals surface area contributed by atoms with E-state index in [-0.39, 0.29) is 6.42 Å². The molecule has 0 radical (unpaired) electrons. The molecular formula is C24H20O4. The molecule has 3 aliphatic carbocycles. The quantitative estimate of drug-likeness (QED) is 0.534. The molecule has 2 bridgehead atoms. The second kappa shape index (κ2) is 5.77. The lowest BCUT2D eigenvalue weighted by atomic mass is 9.54. The monoisotopic (exact) mass is 372 g/mol. The summed E-state index contributed by atoms with van der Waals surface area (Å²) in [6.07, 6.45) is 0.0716. The molecule has 6 rings (SSSR count). The van der Waals surface area contributed by atoms with Crippen molar-refractivity contribution < 1.29 is 19.7 Å². The third-order valence-electron chi connectivity index (χ3n) is 6.09. The lowest BCUT2D eigenvalue weighted by Gasteiger charge is -2.53. The highest BCUT2D eigenvalue weighted by Crippen LogP contribution is 2.59. The van der Waals surface area contributed by atoms with Crippen molar-refractivity contribution in [3.05, 3.63) is 101 Å². The maximum Gasteiger partial charge on any atom is 0.318 e. The molecule has 3 aliphatic rings. The van der Waals surface area contributed by atoms with E-state index in [4.69, 9.17) is 4.74 Å². The Morgan fingerprint density at radius 2 is 1.36 bits per heavy atom. The number of benzene rings is 3. The van der Waals surface area contributed by atoms with Gasteiger partial charge in [-0.25, -0.2) is 0 Å². The Hall–Kier alpha value is -2.95. The van der Waals surface area contributed by atoms with E-state index in [0.29, 0.717) is 28.0 Å². The Morgan fingerprint density at radius 1 is 0.857 bits per heavy atom. The molecule has 0 fully saturated rings. The van der Waals surface area contributed by atoms with Crippen LogP contribution in [0.1, 0.15) is 34.2 Å². The van der Waals surface area contributed by atoms with E-state index in [0.717, 1.165) is 5.56 Å². The molecule has 28 heavy (non-hydrogen) atoms. The number of rotatable bonds is 2. The van der Waals surface area contributed by atoms with E-state index < -0.39 is 23.1 Å². The Balaban J connectivity index is 1.64. The molecular weight excluding hydrogens is 352 g/mol. The number of carbonyl (C=O) groups excluding carboxylic acids is 1. The molecule has 0 amide bonds. The summed E-state index contributed by atoms with van der Waals surface area (Å²) >= 11 is 0. The number of ether oxygens (including phenoxy) is 1. The van der Waals surface area contributed by atoms with Crippen molar-refractivity contribution in [3.8, 4) is 5.75 Å². The van der Waals surface area contributed by atoms with E-state index in [1.54, 1.807) is 24.3 Å². The molecule has 0 aliphatic heterocycles. The Bertz CT molecular complexity index is 1040. The summed E-state index contributed by atoms with van der Waals surface area (Å²) < 4.78 is 5.59. The van der Waals surface area contributed by atoms with Gasteiger partial charge in [0.1, 0.15) is 17.0 Å². The van der Waals surface area contributed by atoms with Crippen LogP contribution in [0.5, 0.6) is 5.75 Å². The van der Waals surface area contributed by atoms with Crippen LogP contribution in [-0.4, -0.2) is 16.2 Å². The zero-order valence-corrected chi connectivity index (χ0v) is 15.4. The maximum absolute atomic E-state index is 13.1. The van der Waals surface area contributed by atoms with Crippen molar-refractivity contribution >= 4 is 5.97 Å². The summed E-state index contributed by atoms with van der Waals surface area (Å²) in [4.78, 5) is 13.1. The standard InChI is InChI=1S/C24H20O4/c1-15-10-12-16(13-11-15)28-22(25)21-14-23(26)17-6-2-4-8-19(17)24(21,27)20-9-5-3-7-18(20)23/h2-13,21,26-27H,14H2,1H3. The second-order valence-corrected chi connectivity index (χ2v) is 7.71. The molecule has 140 valence electrons. The zero-order valence-electron chi connectivity index (χ0n) is 15.4. The van der Waals surface area contributed by atoms with Crippen molar-refractivity contribution in [1.82, 2.24) is 0 Å². The first-order valence-electron chi connectivity index (χ1n) is 9.37. The average molecular weight is 372 g/mol. The van der Waals surface area contributed by atoms with E-state index in [1.165, 1.54) is 0 Å². The predicted octanol–water partition coefficient (Wildman–Crippen LogP) is 3.41. The van der Waals surface area contributed by atoms with Crippen LogP contribution in [0.2, 0.25) is 0 Å². The predicted molar refractivity (Wildman–Crippen MR) is 104 cm³/mol. The van der Waals surface area contributed by atoms with Gasteiger partial charge in [-0.2, -0.15) is 0 Å². The van der Waals surface area contributed by atoms with Crippen LogP contribution < -0.4 is 4.74 Å². The molecule has 0 spiro atoms. The van der Waals surface area contributed by atoms with Gasteiger partial charge in [-0.15, -0.1) is 0 Å². The van der Waals surface area contributed by atoms with Gasteiger partial charge in [0.25, 0.3) is 0 Å². The van der Waals surface area contributed by atoms with E-state index in [9.17, 15) is 15.0 Å². The van der Waals surface area contributed by atoms with Gasteiger partial charge in [-0.1, -0.05) is 66.2 Å². The molecule has 4 heteroatoms. The van der Waals surface area contributed by atoms with Gasteiger partial charge in [0.15, 0.2) is 0 Å². The van der Waals surface area contributed by atoms with Gasteiger partial charge in [0.2, 0.25) is 0 Å². The minimum Gasteiger partial charge on any atom is -0.426 e. The largest absolute Gasteiger partial charge is 0.426 e. The molecule has 0 saturated carbocycles. The van der Waals surface area contributed by atoms with Gasteiger partial charge in [0.05, 0.1) is 5.92 Å². The van der Waals surface area contributed by atoms with Crippen molar-refractivity contribution in [1.29, 1.82) is 0 Å². The van der Waals surface area contributed by atoms with Crippen LogP contribution in [0.25, 0.3) is 0 Å². The summed E-state index contributed by atoms with van der Waals surface area (Å²) in [6, 6.07) is 21.7. The first-order chi connectivity index (χ1) is 13.4. The van der Waals surface area contributed by atoms with Gasteiger partial charge in [-0.05, 0) is 41.3 Å². The van der Waals surface area contributed by atoms with Crippen LogP contribution in [0.3, 0.4) is 0 Å². The van der Waals surface area contributed by atoms with Crippen LogP contribution in [0.15, 0.2) is 72.8 Å². The van der Waals surface area contributed by atoms with Gasteiger partial charge >= 0.3 is 5.97 Å². The Kier molecular flexibility index (Phi) is 3.54. The lowest BCUT2D eigenvalue weighted by molar-refractivity contribution is -0.157. The summed E-state index contributed by atoms with van der Waals surface area (Å²) in [6.45, 7) is 1.96. The minimum atomic E-state index is -1.54. The lowest BCUT2D eigenvalue weighted by Crippen LogP contribution is -2.57. The molecule has 4 nitrogen and oxygen atoms in total. The van der Waals surface area contributed by atoms with Crippen LogP contribution >= 0.6 is 0 Å². The van der Waals surface area contributed by atoms with E-state index in [1.807, 2.05) is 55.5 Å². The molecule has 0 saturated heterocycles. The first-order valence-corrected chi connectivity index (χ1v) is 9.37. The van der Waals surface area contributed by atoms with Crippen LogP contribution in [-0.2, 0) is 16.0 Å². The molecule has 0 aromatic heterocycles. The van der Waals surface area contributed by atoms with Gasteiger partial charge in [-0.3, -0.25) is 4.79 Å². The average Bonchev–Trinajstić information content (AvgIpc) is 2.72.